The fraction of sp³-hybridized carbons (Fsp3) is 0.708. The summed E-state index contributed by atoms with van der Waals surface area (Å²) in [6.45, 7) is 7.12. The zero-order valence-electron chi connectivity index (χ0n) is 18.6. The fourth-order valence-electron chi connectivity index (χ4n) is 4.39. The third-order valence-corrected chi connectivity index (χ3v) is 6.26. The Morgan fingerprint density at radius 2 is 1.97 bits per heavy atom. The largest absolute Gasteiger partial charge is 0.486 e. The lowest BCUT2D eigenvalue weighted by atomic mass is 10.00. The highest BCUT2D eigenvalue weighted by atomic mass is 16.6. The number of carbonyl (C=O) groups excluding carboxylic acids is 1. The number of carbonyl (C=O) groups is 1. The number of fused-ring (bicyclic) bond motifs is 1. The van der Waals surface area contributed by atoms with Crippen molar-refractivity contribution in [1.29, 1.82) is 0 Å². The van der Waals surface area contributed by atoms with Crippen molar-refractivity contribution in [1.82, 2.24) is 10.2 Å². The SMILES string of the molecule is CCCCCCCC(=O)N[C@H](CN1CCC[C@H]1C)[C@@H](O)c1ccc2c(c1)OCCO2. The van der Waals surface area contributed by atoms with Gasteiger partial charge in [-0.2, -0.15) is 0 Å². The first kappa shape index (κ1) is 22.9. The molecule has 1 saturated heterocycles. The lowest BCUT2D eigenvalue weighted by Gasteiger charge is -2.31. The highest BCUT2D eigenvalue weighted by Gasteiger charge is 2.30. The molecule has 0 aliphatic carbocycles. The van der Waals surface area contributed by atoms with Crippen LogP contribution in [0.5, 0.6) is 11.5 Å². The molecule has 0 spiro atoms. The van der Waals surface area contributed by atoms with Crippen LogP contribution in [0.15, 0.2) is 18.2 Å². The van der Waals surface area contributed by atoms with Gasteiger partial charge in [0.1, 0.15) is 19.3 Å². The number of amides is 1. The average molecular weight is 419 g/mol. The van der Waals surface area contributed by atoms with Gasteiger partial charge in [-0.15, -0.1) is 0 Å². The second kappa shape index (κ2) is 11.6. The second-order valence-corrected chi connectivity index (χ2v) is 8.67. The van der Waals surface area contributed by atoms with Crippen LogP contribution in [-0.4, -0.2) is 54.3 Å². The molecule has 2 N–H and O–H groups in total. The van der Waals surface area contributed by atoms with Crippen molar-refractivity contribution in [3.05, 3.63) is 23.8 Å². The van der Waals surface area contributed by atoms with Gasteiger partial charge in [0, 0.05) is 19.0 Å². The van der Waals surface area contributed by atoms with Crippen LogP contribution in [-0.2, 0) is 4.79 Å². The quantitative estimate of drug-likeness (QED) is 0.535. The van der Waals surface area contributed by atoms with Crippen LogP contribution in [0.25, 0.3) is 0 Å². The van der Waals surface area contributed by atoms with Gasteiger partial charge in [-0.05, 0) is 50.4 Å². The van der Waals surface area contributed by atoms with Crippen molar-refractivity contribution in [3.8, 4) is 11.5 Å². The third-order valence-electron chi connectivity index (χ3n) is 6.26. The van der Waals surface area contributed by atoms with Crippen LogP contribution >= 0.6 is 0 Å². The average Bonchev–Trinajstić information content (AvgIpc) is 3.16. The van der Waals surface area contributed by atoms with Gasteiger partial charge in [-0.1, -0.05) is 38.7 Å². The van der Waals surface area contributed by atoms with Crippen LogP contribution in [0.1, 0.15) is 76.9 Å². The monoisotopic (exact) mass is 418 g/mol. The van der Waals surface area contributed by atoms with Crippen LogP contribution in [0.2, 0.25) is 0 Å². The first-order valence-corrected chi connectivity index (χ1v) is 11.7. The summed E-state index contributed by atoms with van der Waals surface area (Å²) in [5.74, 6) is 1.39. The molecule has 1 aromatic carbocycles. The van der Waals surface area contributed by atoms with E-state index >= 15 is 0 Å². The Morgan fingerprint density at radius 3 is 2.70 bits per heavy atom. The van der Waals surface area contributed by atoms with Gasteiger partial charge in [0.25, 0.3) is 0 Å². The molecule has 6 heteroatoms. The number of benzene rings is 1. The number of hydrogen-bond donors (Lipinski definition) is 2. The Kier molecular flexibility index (Phi) is 8.82. The molecular formula is C24H38N2O4. The normalized spacial score (nSPS) is 20.7. The van der Waals surface area contributed by atoms with Crippen LogP contribution in [0.4, 0.5) is 0 Å². The molecule has 3 rings (SSSR count). The minimum Gasteiger partial charge on any atom is -0.486 e. The maximum Gasteiger partial charge on any atom is 0.220 e. The molecule has 0 aromatic heterocycles. The molecule has 2 heterocycles. The molecular weight excluding hydrogens is 380 g/mol. The Bertz CT molecular complexity index is 681. The molecule has 0 unspecified atom stereocenters. The van der Waals surface area contributed by atoms with Crippen molar-refractivity contribution >= 4 is 5.91 Å². The predicted molar refractivity (Wildman–Crippen MR) is 118 cm³/mol. The molecule has 2 aliphatic rings. The summed E-state index contributed by atoms with van der Waals surface area (Å²) >= 11 is 0. The summed E-state index contributed by atoms with van der Waals surface area (Å²) in [6, 6.07) is 5.69. The lowest BCUT2D eigenvalue weighted by Crippen LogP contribution is -2.48. The minimum atomic E-state index is -0.794. The summed E-state index contributed by atoms with van der Waals surface area (Å²) in [6.07, 6.45) is 7.64. The molecule has 1 aromatic rings. The smallest absolute Gasteiger partial charge is 0.220 e. The van der Waals surface area contributed by atoms with Crippen molar-refractivity contribution in [3.63, 3.8) is 0 Å². The van der Waals surface area contributed by atoms with Crippen molar-refractivity contribution in [2.45, 2.75) is 83.4 Å². The minimum absolute atomic E-state index is 0.0277. The maximum absolute atomic E-state index is 12.6. The molecule has 168 valence electrons. The highest BCUT2D eigenvalue weighted by molar-refractivity contribution is 5.76. The number of likely N-dealkylation sites (tertiary alicyclic amines) is 1. The molecule has 2 aliphatic heterocycles. The molecule has 1 fully saturated rings. The summed E-state index contributed by atoms with van der Waals surface area (Å²) in [7, 11) is 0. The summed E-state index contributed by atoms with van der Waals surface area (Å²) in [4.78, 5) is 15.0. The van der Waals surface area contributed by atoms with Gasteiger partial charge in [-0.25, -0.2) is 0 Å². The Balaban J connectivity index is 1.64. The first-order valence-electron chi connectivity index (χ1n) is 11.7. The van der Waals surface area contributed by atoms with Crippen LogP contribution in [0.3, 0.4) is 0 Å². The van der Waals surface area contributed by atoms with Crippen LogP contribution < -0.4 is 14.8 Å². The van der Waals surface area contributed by atoms with E-state index in [4.69, 9.17) is 9.47 Å². The number of aliphatic hydroxyl groups is 1. The van der Waals surface area contributed by atoms with Crippen molar-refractivity contribution in [2.75, 3.05) is 26.3 Å². The topological polar surface area (TPSA) is 71.0 Å². The molecule has 0 radical (unpaired) electrons. The van der Waals surface area contributed by atoms with E-state index in [0.29, 0.717) is 43.7 Å². The number of ether oxygens (including phenoxy) is 2. The van der Waals surface area contributed by atoms with Gasteiger partial charge < -0.3 is 19.9 Å². The Hall–Kier alpha value is -1.79. The molecule has 1 amide bonds. The Morgan fingerprint density at radius 1 is 1.20 bits per heavy atom. The molecule has 6 nitrogen and oxygen atoms in total. The van der Waals surface area contributed by atoms with E-state index in [-0.39, 0.29) is 11.9 Å². The van der Waals surface area contributed by atoms with Crippen LogP contribution in [0, 0.1) is 0 Å². The van der Waals surface area contributed by atoms with Crippen molar-refractivity contribution in [2.24, 2.45) is 0 Å². The summed E-state index contributed by atoms with van der Waals surface area (Å²) in [5.41, 5.74) is 0.749. The van der Waals surface area contributed by atoms with Gasteiger partial charge >= 0.3 is 0 Å². The molecule has 0 saturated carbocycles. The third kappa shape index (κ3) is 6.35. The van der Waals surface area contributed by atoms with Gasteiger partial charge in [0.05, 0.1) is 6.04 Å². The Labute approximate surface area is 180 Å². The number of aliphatic hydroxyl groups excluding tert-OH is 1. The van der Waals surface area contributed by atoms with E-state index < -0.39 is 6.10 Å². The number of nitrogens with zero attached hydrogens (tertiary/aromatic N) is 1. The van der Waals surface area contributed by atoms with E-state index in [2.05, 4.69) is 24.1 Å². The van der Waals surface area contributed by atoms with Crippen molar-refractivity contribution < 1.29 is 19.4 Å². The van der Waals surface area contributed by atoms with E-state index in [1.54, 1.807) is 0 Å². The molecule has 0 bridgehead atoms. The van der Waals surface area contributed by atoms with E-state index in [1.807, 2.05) is 18.2 Å². The number of hydrogen-bond acceptors (Lipinski definition) is 5. The number of rotatable bonds is 11. The number of nitrogens with one attached hydrogen (secondary N) is 1. The van der Waals surface area contributed by atoms with E-state index in [9.17, 15) is 9.90 Å². The first-order chi connectivity index (χ1) is 14.6. The summed E-state index contributed by atoms with van der Waals surface area (Å²) in [5, 5.41) is 14.3. The zero-order valence-corrected chi connectivity index (χ0v) is 18.6. The molecule has 3 atom stereocenters. The number of unbranched alkanes of at least 4 members (excludes halogenated alkanes) is 4. The highest BCUT2D eigenvalue weighted by Crippen LogP contribution is 2.33. The molecule has 30 heavy (non-hydrogen) atoms. The van der Waals surface area contributed by atoms with Gasteiger partial charge in [-0.3, -0.25) is 9.69 Å². The maximum atomic E-state index is 12.6. The summed E-state index contributed by atoms with van der Waals surface area (Å²) < 4.78 is 11.3. The standard InChI is InChI=1S/C24H38N2O4/c1-3-4-5-6-7-10-23(27)25-20(17-26-13-8-9-18(26)2)24(28)19-11-12-21-22(16-19)30-15-14-29-21/h11-12,16,18,20,24,28H,3-10,13-15,17H2,1-2H3,(H,25,27)/t18-,20-,24+/m1/s1. The van der Waals surface area contributed by atoms with Gasteiger partial charge in [0.2, 0.25) is 5.91 Å². The van der Waals surface area contributed by atoms with E-state index in [0.717, 1.165) is 31.4 Å². The fourth-order valence-corrected chi connectivity index (χ4v) is 4.39. The predicted octanol–water partition coefficient (Wildman–Crippen LogP) is 3.82. The second-order valence-electron chi connectivity index (χ2n) is 8.67. The van der Waals surface area contributed by atoms with Gasteiger partial charge in [0.15, 0.2) is 11.5 Å². The lowest BCUT2D eigenvalue weighted by molar-refractivity contribution is -0.123. The zero-order chi connectivity index (χ0) is 21.3. The van der Waals surface area contributed by atoms with E-state index in [1.165, 1.54) is 25.7 Å².